The molecule has 3 heterocycles. The molecule has 0 N–H and O–H groups in total. The molecule has 0 aliphatic carbocycles. The van der Waals surface area contributed by atoms with Crippen molar-refractivity contribution in [1.29, 1.82) is 0 Å². The summed E-state index contributed by atoms with van der Waals surface area (Å²) < 4.78 is 18.4. The lowest BCUT2D eigenvalue weighted by Gasteiger charge is -2.36. The van der Waals surface area contributed by atoms with Crippen LogP contribution < -0.4 is 9.80 Å². The molecule has 1 aliphatic rings. The smallest absolute Gasteiger partial charge is 0.156 e. The van der Waals surface area contributed by atoms with Crippen LogP contribution in [0.25, 0.3) is 0 Å². The number of rotatable bonds is 4. The van der Waals surface area contributed by atoms with Gasteiger partial charge in [-0.3, -0.25) is 4.98 Å². The van der Waals surface area contributed by atoms with Gasteiger partial charge in [0.25, 0.3) is 0 Å². The largest absolute Gasteiger partial charge is 0.377 e. The molecule has 7 heteroatoms. The van der Waals surface area contributed by atoms with Gasteiger partial charge in [-0.05, 0) is 6.92 Å². The molecule has 0 bridgehead atoms. The minimum absolute atomic E-state index is 0.305. The summed E-state index contributed by atoms with van der Waals surface area (Å²) in [6.07, 6.45) is 2.92. The van der Waals surface area contributed by atoms with Crippen molar-refractivity contribution in [3.63, 3.8) is 0 Å². The maximum atomic E-state index is 13.3. The van der Waals surface area contributed by atoms with Crippen molar-refractivity contribution in [1.82, 2.24) is 15.0 Å². The number of aromatic nitrogens is 3. The van der Waals surface area contributed by atoms with Crippen molar-refractivity contribution in [2.75, 3.05) is 43.1 Å². The Labute approximate surface area is 134 Å². The van der Waals surface area contributed by atoms with Gasteiger partial charge in [-0.2, -0.15) is 0 Å². The summed E-state index contributed by atoms with van der Waals surface area (Å²) in [5.41, 5.74) is 1.75. The zero-order valence-electron chi connectivity index (χ0n) is 13.4. The fraction of sp³-hybridized carbons (Fsp3) is 0.438. The van der Waals surface area contributed by atoms with Gasteiger partial charge in [0, 0.05) is 51.1 Å². The first-order valence-electron chi connectivity index (χ1n) is 7.59. The van der Waals surface area contributed by atoms with E-state index in [9.17, 15) is 4.39 Å². The van der Waals surface area contributed by atoms with Gasteiger partial charge in [-0.15, -0.1) is 0 Å². The van der Waals surface area contributed by atoms with Gasteiger partial charge >= 0.3 is 0 Å². The molecule has 122 valence electrons. The zero-order chi connectivity index (χ0) is 16.2. The molecule has 1 aliphatic heterocycles. The lowest BCUT2D eigenvalue weighted by molar-refractivity contribution is 0.177. The van der Waals surface area contributed by atoms with Crippen molar-refractivity contribution in [3.05, 3.63) is 41.9 Å². The van der Waals surface area contributed by atoms with Crippen LogP contribution in [0.15, 0.2) is 24.5 Å². The first-order valence-corrected chi connectivity index (χ1v) is 7.59. The quantitative estimate of drug-likeness (QED) is 0.857. The summed E-state index contributed by atoms with van der Waals surface area (Å²) in [7, 11) is 1.64. The minimum atomic E-state index is -0.305. The van der Waals surface area contributed by atoms with Crippen LogP contribution in [0.2, 0.25) is 0 Å². The SMILES string of the molecule is COCc1nc(C)cc(N2CCN(c3cncc(F)c3)CC2)n1. The third kappa shape index (κ3) is 3.73. The normalized spacial score (nSPS) is 15.1. The summed E-state index contributed by atoms with van der Waals surface area (Å²) in [5.74, 6) is 1.31. The van der Waals surface area contributed by atoms with Gasteiger partial charge in [-0.25, -0.2) is 14.4 Å². The third-order valence-electron chi connectivity index (χ3n) is 3.82. The van der Waals surface area contributed by atoms with E-state index in [-0.39, 0.29) is 5.82 Å². The van der Waals surface area contributed by atoms with Crippen molar-refractivity contribution in [2.45, 2.75) is 13.5 Å². The molecule has 0 amide bonds. The lowest BCUT2D eigenvalue weighted by Crippen LogP contribution is -2.47. The highest BCUT2D eigenvalue weighted by molar-refractivity contribution is 5.48. The van der Waals surface area contributed by atoms with Gasteiger partial charge in [0.2, 0.25) is 0 Å². The summed E-state index contributed by atoms with van der Waals surface area (Å²) in [6.45, 7) is 5.60. The average molecular weight is 317 g/mol. The van der Waals surface area contributed by atoms with Crippen LogP contribution in [0.1, 0.15) is 11.5 Å². The van der Waals surface area contributed by atoms with E-state index in [1.807, 2.05) is 13.0 Å². The third-order valence-corrected chi connectivity index (χ3v) is 3.82. The maximum Gasteiger partial charge on any atom is 0.156 e. The Hall–Kier alpha value is -2.28. The number of hydrogen-bond donors (Lipinski definition) is 0. The molecule has 23 heavy (non-hydrogen) atoms. The highest BCUT2D eigenvalue weighted by atomic mass is 19.1. The maximum absolute atomic E-state index is 13.3. The van der Waals surface area contributed by atoms with Crippen LogP contribution in [0.4, 0.5) is 15.9 Å². The van der Waals surface area contributed by atoms with Gasteiger partial charge < -0.3 is 14.5 Å². The summed E-state index contributed by atoms with van der Waals surface area (Å²) in [5, 5.41) is 0. The highest BCUT2D eigenvalue weighted by Crippen LogP contribution is 2.20. The predicted octanol–water partition coefficient (Wildman–Crippen LogP) is 1.79. The van der Waals surface area contributed by atoms with Gasteiger partial charge in [-0.1, -0.05) is 0 Å². The second-order valence-corrected chi connectivity index (χ2v) is 5.55. The number of nitrogens with zero attached hydrogens (tertiary/aromatic N) is 5. The molecule has 0 spiro atoms. The van der Waals surface area contributed by atoms with E-state index in [0.29, 0.717) is 12.4 Å². The summed E-state index contributed by atoms with van der Waals surface area (Å²) >= 11 is 0. The number of methoxy groups -OCH3 is 1. The fourth-order valence-corrected chi connectivity index (χ4v) is 2.74. The Morgan fingerprint density at radius 3 is 2.52 bits per heavy atom. The first kappa shape index (κ1) is 15.6. The Balaban J connectivity index is 1.69. The second-order valence-electron chi connectivity index (χ2n) is 5.55. The van der Waals surface area contributed by atoms with Crippen molar-refractivity contribution >= 4 is 11.5 Å². The van der Waals surface area contributed by atoms with E-state index in [4.69, 9.17) is 4.74 Å². The molecule has 2 aromatic heterocycles. The molecule has 0 radical (unpaired) electrons. The Morgan fingerprint density at radius 2 is 1.83 bits per heavy atom. The second kappa shape index (κ2) is 6.87. The topological polar surface area (TPSA) is 54.4 Å². The van der Waals surface area contributed by atoms with E-state index >= 15 is 0 Å². The fourth-order valence-electron chi connectivity index (χ4n) is 2.74. The van der Waals surface area contributed by atoms with E-state index in [1.165, 1.54) is 12.3 Å². The van der Waals surface area contributed by atoms with Crippen LogP contribution in [0.3, 0.4) is 0 Å². The van der Waals surface area contributed by atoms with Crippen molar-refractivity contribution < 1.29 is 9.13 Å². The van der Waals surface area contributed by atoms with Gasteiger partial charge in [0.15, 0.2) is 5.82 Å². The van der Waals surface area contributed by atoms with Crippen molar-refractivity contribution in [3.8, 4) is 0 Å². The lowest BCUT2D eigenvalue weighted by atomic mass is 10.2. The van der Waals surface area contributed by atoms with E-state index in [1.54, 1.807) is 13.3 Å². The van der Waals surface area contributed by atoms with E-state index in [0.717, 1.165) is 43.4 Å². The molecule has 3 rings (SSSR count). The number of piperazine rings is 1. The molecule has 0 aromatic carbocycles. The van der Waals surface area contributed by atoms with Crippen LogP contribution in [0.5, 0.6) is 0 Å². The zero-order valence-corrected chi connectivity index (χ0v) is 13.4. The molecule has 6 nitrogen and oxygen atoms in total. The summed E-state index contributed by atoms with van der Waals surface area (Å²) in [6, 6.07) is 3.51. The van der Waals surface area contributed by atoms with Gasteiger partial charge in [0.1, 0.15) is 18.2 Å². The minimum Gasteiger partial charge on any atom is -0.377 e. The van der Waals surface area contributed by atoms with Crippen LogP contribution in [0, 0.1) is 12.7 Å². The average Bonchev–Trinajstić information content (AvgIpc) is 2.55. The molecule has 0 unspecified atom stereocenters. The van der Waals surface area contributed by atoms with Crippen LogP contribution >= 0.6 is 0 Å². The molecule has 1 saturated heterocycles. The predicted molar refractivity (Wildman–Crippen MR) is 86.1 cm³/mol. The first-order chi connectivity index (χ1) is 11.2. The number of anilines is 2. The number of aryl methyl sites for hydroxylation is 1. The van der Waals surface area contributed by atoms with Crippen LogP contribution in [-0.2, 0) is 11.3 Å². The molecule has 1 fully saturated rings. The number of pyridine rings is 1. The molecule has 2 aromatic rings. The Morgan fingerprint density at radius 1 is 1.09 bits per heavy atom. The summed E-state index contributed by atoms with van der Waals surface area (Å²) in [4.78, 5) is 17.2. The highest BCUT2D eigenvalue weighted by Gasteiger charge is 2.19. The molecule has 0 atom stereocenters. The molecular formula is C16H20FN5O. The number of hydrogen-bond acceptors (Lipinski definition) is 6. The Kier molecular flexibility index (Phi) is 4.66. The molecular weight excluding hydrogens is 297 g/mol. The van der Waals surface area contributed by atoms with E-state index in [2.05, 4.69) is 24.8 Å². The molecule has 0 saturated carbocycles. The Bertz CT molecular complexity index is 673. The number of ether oxygens (including phenoxy) is 1. The standard InChI is InChI=1S/C16H20FN5O/c1-12-7-16(20-15(19-12)11-23-2)22-5-3-21(4-6-22)14-8-13(17)9-18-10-14/h7-10H,3-6,11H2,1-2H3. The monoisotopic (exact) mass is 317 g/mol. The van der Waals surface area contributed by atoms with E-state index < -0.39 is 0 Å². The number of halogens is 1. The van der Waals surface area contributed by atoms with Crippen molar-refractivity contribution in [2.24, 2.45) is 0 Å². The van der Waals surface area contributed by atoms with Crippen LogP contribution in [-0.4, -0.2) is 48.2 Å². The van der Waals surface area contributed by atoms with Gasteiger partial charge in [0.05, 0.1) is 18.1 Å².